The first-order valence-electron chi connectivity index (χ1n) is 5.23. The van der Waals surface area contributed by atoms with Gasteiger partial charge in [0.15, 0.2) is 3.83 Å². The van der Waals surface area contributed by atoms with Crippen molar-refractivity contribution in [1.82, 2.24) is 0 Å². The third kappa shape index (κ3) is 3.07. The van der Waals surface area contributed by atoms with Gasteiger partial charge < -0.3 is 0 Å². The zero-order chi connectivity index (χ0) is 15.1. The van der Waals surface area contributed by atoms with Crippen molar-refractivity contribution in [2.75, 3.05) is 0 Å². The van der Waals surface area contributed by atoms with E-state index in [-0.39, 0.29) is 16.7 Å². The van der Waals surface area contributed by atoms with Crippen molar-refractivity contribution in [2.24, 2.45) is 0 Å². The van der Waals surface area contributed by atoms with Gasteiger partial charge >= 0.3 is 6.18 Å². The number of alkyl halides is 3. The fourth-order valence-corrected chi connectivity index (χ4v) is 2.76. The third-order valence-electron chi connectivity index (χ3n) is 2.59. The molecule has 0 radical (unpaired) electrons. The Kier molecular flexibility index (Phi) is 4.57. The van der Waals surface area contributed by atoms with Gasteiger partial charge in [0, 0.05) is 22.3 Å². The number of rotatable bonds is 1. The number of halogens is 7. The fraction of sp³-hybridized carbons (Fsp3) is 0.0769. The Morgan fingerprint density at radius 1 is 0.850 bits per heavy atom. The largest absolute Gasteiger partial charge is 0.422 e. The van der Waals surface area contributed by atoms with Crippen molar-refractivity contribution in [1.29, 1.82) is 0 Å². The Balaban J connectivity index is 2.62. The first kappa shape index (κ1) is 15.9. The lowest BCUT2D eigenvalue weighted by molar-refractivity contribution is -0.0819. The highest BCUT2D eigenvalue weighted by Crippen LogP contribution is 2.57. The van der Waals surface area contributed by atoms with Crippen LogP contribution >= 0.6 is 45.2 Å². The normalized spacial score (nSPS) is 22.6. The average molecular weight is 510 g/mol. The Bertz CT molecular complexity index is 634. The second kappa shape index (κ2) is 5.74. The molecule has 0 unspecified atom stereocenters. The molecule has 106 valence electrons. The molecular weight excluding hydrogens is 505 g/mol. The molecular formula is C13H5F5I2. The summed E-state index contributed by atoms with van der Waals surface area (Å²) < 4.78 is 63.6. The number of benzene rings is 1. The lowest BCUT2D eigenvalue weighted by atomic mass is 10.2. The first-order valence-corrected chi connectivity index (χ1v) is 7.39. The van der Waals surface area contributed by atoms with Crippen LogP contribution in [0.5, 0.6) is 0 Å². The van der Waals surface area contributed by atoms with Crippen molar-refractivity contribution < 1.29 is 22.0 Å². The Labute approximate surface area is 138 Å². The molecule has 0 bridgehead atoms. The summed E-state index contributed by atoms with van der Waals surface area (Å²) in [5, 5.41) is 0. The smallest absolute Gasteiger partial charge is 0.206 e. The molecule has 0 heterocycles. The maximum absolute atomic E-state index is 14.2. The van der Waals surface area contributed by atoms with E-state index in [1.807, 2.05) is 0 Å². The lowest BCUT2D eigenvalue weighted by Gasteiger charge is -2.02. The highest BCUT2D eigenvalue weighted by Gasteiger charge is 2.47. The fourth-order valence-electron chi connectivity index (χ4n) is 1.69. The standard InChI is InChI=1S/C13H5F5I2/c14-10(6-4-2-1-3-5-6)7-8(9(7)12(15)20)11(19)13(16,17)18/h1-5H. The minimum Gasteiger partial charge on any atom is -0.206 e. The molecule has 0 spiro atoms. The molecule has 0 aliphatic heterocycles. The SMILES string of the molecule is FC(I)=C1C(=C(F)c2ccccc2)C1=C(I)C(F)(F)F. The number of hydrogen-bond acceptors (Lipinski definition) is 0. The average Bonchev–Trinajstić information content (AvgIpc) is 3.12. The molecule has 1 saturated carbocycles. The molecule has 0 saturated heterocycles. The van der Waals surface area contributed by atoms with Crippen molar-refractivity contribution >= 4 is 51.0 Å². The van der Waals surface area contributed by atoms with Gasteiger partial charge in [-0.1, -0.05) is 30.3 Å². The zero-order valence-corrected chi connectivity index (χ0v) is 13.8. The summed E-state index contributed by atoms with van der Waals surface area (Å²) >= 11 is 2.31. The molecule has 20 heavy (non-hydrogen) atoms. The van der Waals surface area contributed by atoms with Crippen LogP contribution in [0.2, 0.25) is 0 Å². The molecule has 1 fully saturated rings. The van der Waals surface area contributed by atoms with Gasteiger partial charge in [-0.3, -0.25) is 0 Å². The van der Waals surface area contributed by atoms with Gasteiger partial charge in [-0.15, -0.1) is 0 Å². The van der Waals surface area contributed by atoms with Gasteiger partial charge in [0.2, 0.25) is 0 Å². The molecule has 0 nitrogen and oxygen atoms in total. The van der Waals surface area contributed by atoms with Crippen LogP contribution in [0.3, 0.4) is 0 Å². The lowest BCUT2D eigenvalue weighted by Crippen LogP contribution is -2.06. The minimum atomic E-state index is -4.62. The van der Waals surface area contributed by atoms with Crippen molar-refractivity contribution in [3.8, 4) is 0 Å². The zero-order valence-electron chi connectivity index (χ0n) is 9.53. The van der Waals surface area contributed by atoms with E-state index in [0.717, 1.165) is 22.6 Å². The second-order valence-electron chi connectivity index (χ2n) is 3.88. The molecule has 2 rings (SSSR count). The van der Waals surface area contributed by atoms with Gasteiger partial charge in [-0.05, 0) is 45.2 Å². The van der Waals surface area contributed by atoms with Gasteiger partial charge in [0.25, 0.3) is 0 Å². The summed E-state index contributed by atoms with van der Waals surface area (Å²) in [6.07, 6.45) is -4.62. The van der Waals surface area contributed by atoms with E-state index < -0.39 is 25.0 Å². The van der Waals surface area contributed by atoms with Crippen molar-refractivity contribution in [2.45, 2.75) is 6.18 Å². The molecule has 1 aliphatic rings. The first-order chi connectivity index (χ1) is 9.25. The topological polar surface area (TPSA) is 0 Å². The second-order valence-corrected chi connectivity index (χ2v) is 5.90. The molecule has 1 aliphatic carbocycles. The van der Waals surface area contributed by atoms with Crippen molar-refractivity contribution in [3.05, 3.63) is 60.0 Å². The van der Waals surface area contributed by atoms with Crippen LogP contribution in [0.25, 0.3) is 5.83 Å². The Morgan fingerprint density at radius 2 is 1.40 bits per heavy atom. The summed E-state index contributed by atoms with van der Waals surface area (Å²) in [6.45, 7) is 0. The highest BCUT2D eigenvalue weighted by atomic mass is 127. The van der Waals surface area contributed by atoms with Crippen LogP contribution in [0.15, 0.2) is 54.5 Å². The summed E-state index contributed by atoms with van der Waals surface area (Å²) in [6, 6.07) is 7.60. The summed E-state index contributed by atoms with van der Waals surface area (Å²) in [5.41, 5.74) is -0.871. The Hall–Kier alpha value is -0.450. The van der Waals surface area contributed by atoms with Crippen LogP contribution in [0.1, 0.15) is 5.56 Å². The highest BCUT2D eigenvalue weighted by molar-refractivity contribution is 14.1. The van der Waals surface area contributed by atoms with E-state index >= 15 is 0 Å². The number of hydrogen-bond donors (Lipinski definition) is 0. The molecule has 0 aromatic heterocycles. The van der Waals surface area contributed by atoms with E-state index in [2.05, 4.69) is 0 Å². The Morgan fingerprint density at radius 3 is 1.85 bits per heavy atom. The van der Waals surface area contributed by atoms with Crippen molar-refractivity contribution in [3.63, 3.8) is 0 Å². The van der Waals surface area contributed by atoms with Gasteiger partial charge in [-0.25, -0.2) is 4.39 Å². The van der Waals surface area contributed by atoms with Crippen LogP contribution in [-0.4, -0.2) is 6.18 Å². The summed E-state index contributed by atoms with van der Waals surface area (Å²) in [7, 11) is 0. The molecule has 1 aromatic carbocycles. The predicted octanol–water partition coefficient (Wildman–Crippen LogP) is 6.25. The minimum absolute atomic E-state index is 0.124. The molecule has 0 atom stereocenters. The van der Waals surface area contributed by atoms with Crippen LogP contribution in [0.4, 0.5) is 22.0 Å². The third-order valence-corrected chi connectivity index (χ3v) is 4.28. The summed E-state index contributed by atoms with van der Waals surface area (Å²) in [4.78, 5) is 0. The number of allylic oxidation sites excluding steroid dienone is 4. The van der Waals surface area contributed by atoms with Gasteiger partial charge in [0.1, 0.15) is 9.41 Å². The maximum Gasteiger partial charge on any atom is 0.422 e. The van der Waals surface area contributed by atoms with E-state index in [1.54, 1.807) is 18.2 Å². The maximum atomic E-state index is 14.2. The molecule has 1 aromatic rings. The summed E-state index contributed by atoms with van der Waals surface area (Å²) in [5.74, 6) is -0.846. The van der Waals surface area contributed by atoms with E-state index in [0.29, 0.717) is 0 Å². The monoisotopic (exact) mass is 510 g/mol. The quantitative estimate of drug-likeness (QED) is 0.310. The molecule has 0 N–H and O–H groups in total. The van der Waals surface area contributed by atoms with Crippen LogP contribution in [-0.2, 0) is 0 Å². The van der Waals surface area contributed by atoms with E-state index in [1.165, 1.54) is 34.7 Å². The van der Waals surface area contributed by atoms with Crippen LogP contribution in [0, 0.1) is 0 Å². The molecule has 7 heteroatoms. The van der Waals surface area contributed by atoms with Gasteiger partial charge in [-0.2, -0.15) is 17.6 Å². The predicted molar refractivity (Wildman–Crippen MR) is 83.7 cm³/mol. The molecule has 0 amide bonds. The van der Waals surface area contributed by atoms with E-state index in [4.69, 9.17) is 0 Å². The van der Waals surface area contributed by atoms with Crippen LogP contribution < -0.4 is 0 Å². The van der Waals surface area contributed by atoms with E-state index in [9.17, 15) is 22.0 Å². The van der Waals surface area contributed by atoms with Gasteiger partial charge in [0.05, 0.1) is 0 Å².